The fraction of sp³-hybridized carbons (Fsp3) is 0.360. The fourth-order valence-corrected chi connectivity index (χ4v) is 6.63. The Balaban J connectivity index is 1.56. The van der Waals surface area contributed by atoms with Crippen LogP contribution >= 0.6 is 0 Å². The van der Waals surface area contributed by atoms with Gasteiger partial charge in [-0.15, -0.1) is 0 Å². The molecule has 7 nitrogen and oxygen atoms in total. The molecule has 3 atom stereocenters. The number of nitrogens with zero attached hydrogens (tertiary/aromatic N) is 2. The molecule has 2 heterocycles. The molecule has 4 rings (SSSR count). The Bertz CT molecular complexity index is 1330. The van der Waals surface area contributed by atoms with Crippen LogP contribution < -0.4 is 5.32 Å². The molecule has 2 aromatic carbocycles. The molecule has 1 unspecified atom stereocenters. The lowest BCUT2D eigenvalue weighted by Crippen LogP contribution is -2.44. The van der Waals surface area contributed by atoms with Crippen molar-refractivity contribution in [2.45, 2.75) is 57.5 Å². The Hall–Kier alpha value is -3.11. The second-order valence-electron chi connectivity index (χ2n) is 8.89. The quantitative estimate of drug-likeness (QED) is 0.521. The minimum Gasteiger partial charge on any atom is -0.364 e. The molecule has 1 saturated heterocycles. The molecule has 35 heavy (non-hydrogen) atoms. The van der Waals surface area contributed by atoms with E-state index < -0.39 is 38.9 Å². The lowest BCUT2D eigenvalue weighted by molar-refractivity contribution is 0.0938. The van der Waals surface area contributed by atoms with Crippen LogP contribution in [-0.4, -0.2) is 29.8 Å². The molecular formula is C25H27F2N3O4S. The first-order chi connectivity index (χ1) is 16.6. The predicted molar refractivity (Wildman–Crippen MR) is 126 cm³/mol. The Labute approximate surface area is 203 Å². The Morgan fingerprint density at radius 3 is 2.57 bits per heavy atom. The summed E-state index contributed by atoms with van der Waals surface area (Å²) in [5.41, 5.74) is 1.14. The molecule has 1 aliphatic heterocycles. The molecule has 10 heteroatoms. The minimum atomic E-state index is -3.79. The van der Waals surface area contributed by atoms with Gasteiger partial charge in [-0.2, -0.15) is 4.31 Å². The molecule has 0 saturated carbocycles. The van der Waals surface area contributed by atoms with Gasteiger partial charge in [-0.25, -0.2) is 17.2 Å². The first kappa shape index (κ1) is 25.0. The summed E-state index contributed by atoms with van der Waals surface area (Å²) in [6.45, 7) is 4.61. The van der Waals surface area contributed by atoms with E-state index in [0.717, 1.165) is 12.1 Å². The summed E-state index contributed by atoms with van der Waals surface area (Å²) in [6, 6.07) is 9.72. The van der Waals surface area contributed by atoms with E-state index in [-0.39, 0.29) is 29.3 Å². The van der Waals surface area contributed by atoms with Gasteiger partial charge >= 0.3 is 0 Å². The zero-order valence-electron chi connectivity index (χ0n) is 19.7. The van der Waals surface area contributed by atoms with Gasteiger partial charge in [0, 0.05) is 23.7 Å². The number of amides is 1. The Morgan fingerprint density at radius 2 is 1.91 bits per heavy atom. The van der Waals surface area contributed by atoms with Crippen LogP contribution in [-0.2, 0) is 16.6 Å². The predicted octanol–water partition coefficient (Wildman–Crippen LogP) is 4.81. The molecule has 1 fully saturated rings. The molecule has 1 aliphatic rings. The van der Waals surface area contributed by atoms with Crippen LogP contribution in [0.15, 0.2) is 53.3 Å². The average Bonchev–Trinajstić information content (AvgIpc) is 3.24. The molecule has 3 aromatic rings. The van der Waals surface area contributed by atoms with Crippen molar-refractivity contribution in [3.05, 3.63) is 88.3 Å². The van der Waals surface area contributed by atoms with Crippen molar-refractivity contribution < 1.29 is 26.5 Å². The number of aromatic nitrogens is 1. The minimum absolute atomic E-state index is 0.0505. The molecule has 0 aliphatic carbocycles. The van der Waals surface area contributed by atoms with E-state index in [1.165, 1.54) is 17.5 Å². The van der Waals surface area contributed by atoms with Crippen LogP contribution in [0.3, 0.4) is 0 Å². The van der Waals surface area contributed by atoms with E-state index in [2.05, 4.69) is 10.5 Å². The van der Waals surface area contributed by atoms with Gasteiger partial charge in [-0.05, 0) is 51.3 Å². The van der Waals surface area contributed by atoms with Gasteiger partial charge in [0.2, 0.25) is 10.0 Å². The Kier molecular flexibility index (Phi) is 7.05. The van der Waals surface area contributed by atoms with E-state index in [4.69, 9.17) is 4.52 Å². The number of aryl methyl sites for hydroxylation is 1. The first-order valence-corrected chi connectivity index (χ1v) is 12.8. The molecule has 1 aromatic heterocycles. The summed E-state index contributed by atoms with van der Waals surface area (Å²) in [5, 5.41) is 5.50. The standard InChI is InChI=1S/C25H27F2N3O4S/c1-15-9-10-24(18-7-5-4-6-8-18)35(32,33)30(15)13-19-11-23(27)20(12-22(19)26)16(2)28-25(31)21-14-34-29-17(21)3/h4-8,11-12,14-16,24H,9-10,13H2,1-3H3,(H,28,31)/t15-,16?,24+/m0/s1. The van der Waals surface area contributed by atoms with Crippen molar-refractivity contribution >= 4 is 15.9 Å². The summed E-state index contributed by atoms with van der Waals surface area (Å²) in [4.78, 5) is 12.4. The highest BCUT2D eigenvalue weighted by Gasteiger charge is 2.40. The Morgan fingerprint density at radius 1 is 1.20 bits per heavy atom. The van der Waals surface area contributed by atoms with E-state index in [9.17, 15) is 13.2 Å². The number of sulfonamides is 1. The molecule has 0 spiro atoms. The van der Waals surface area contributed by atoms with E-state index in [1.54, 1.807) is 38.1 Å². The number of carbonyl (C=O) groups is 1. The summed E-state index contributed by atoms with van der Waals surface area (Å²) in [5.74, 6) is -2.01. The topological polar surface area (TPSA) is 92.5 Å². The first-order valence-electron chi connectivity index (χ1n) is 11.3. The number of hydrogen-bond acceptors (Lipinski definition) is 5. The van der Waals surface area contributed by atoms with Crippen LogP contribution in [0.4, 0.5) is 8.78 Å². The lowest BCUT2D eigenvalue weighted by atomic mass is 10.0. The SMILES string of the molecule is Cc1nocc1C(=O)NC(C)c1cc(F)c(CN2[C@@H](C)CC[C@H](c3ccccc3)S2(=O)=O)cc1F. The van der Waals surface area contributed by atoms with E-state index >= 15 is 8.78 Å². The summed E-state index contributed by atoms with van der Waals surface area (Å²) >= 11 is 0. The number of halogens is 2. The molecule has 1 amide bonds. The van der Waals surface area contributed by atoms with Crippen LogP contribution in [0.5, 0.6) is 0 Å². The van der Waals surface area contributed by atoms with Gasteiger partial charge in [-0.1, -0.05) is 35.5 Å². The van der Waals surface area contributed by atoms with Crippen LogP contribution in [0, 0.1) is 18.6 Å². The molecule has 1 N–H and O–H groups in total. The van der Waals surface area contributed by atoms with Crippen molar-refractivity contribution in [2.75, 3.05) is 0 Å². The lowest BCUT2D eigenvalue weighted by Gasteiger charge is -2.37. The fourth-order valence-electron chi connectivity index (χ4n) is 4.44. The molecular weight excluding hydrogens is 476 g/mol. The number of carbonyl (C=O) groups excluding carboxylic acids is 1. The molecule has 186 valence electrons. The third-order valence-electron chi connectivity index (χ3n) is 6.50. The maximum Gasteiger partial charge on any atom is 0.256 e. The normalized spacial score (nSPS) is 20.9. The maximum atomic E-state index is 15.1. The monoisotopic (exact) mass is 503 g/mol. The average molecular weight is 504 g/mol. The number of rotatable bonds is 6. The highest BCUT2D eigenvalue weighted by atomic mass is 32.2. The van der Waals surface area contributed by atoms with Crippen LogP contribution in [0.2, 0.25) is 0 Å². The summed E-state index contributed by atoms with van der Waals surface area (Å²) in [6.07, 6.45) is 2.25. The number of benzene rings is 2. The van der Waals surface area contributed by atoms with E-state index in [1.807, 2.05) is 6.07 Å². The van der Waals surface area contributed by atoms with Gasteiger partial charge in [0.15, 0.2) is 0 Å². The van der Waals surface area contributed by atoms with Gasteiger partial charge < -0.3 is 9.84 Å². The zero-order chi connectivity index (χ0) is 25.3. The summed E-state index contributed by atoms with van der Waals surface area (Å²) in [7, 11) is -3.79. The maximum absolute atomic E-state index is 15.1. The van der Waals surface area contributed by atoms with Crippen molar-refractivity contribution in [3.8, 4) is 0 Å². The third kappa shape index (κ3) is 4.99. The zero-order valence-corrected chi connectivity index (χ0v) is 20.5. The van der Waals surface area contributed by atoms with Gasteiger partial charge in [0.05, 0.1) is 11.7 Å². The molecule has 0 radical (unpaired) electrons. The van der Waals surface area contributed by atoms with E-state index in [0.29, 0.717) is 24.1 Å². The third-order valence-corrected chi connectivity index (χ3v) is 8.87. The smallest absolute Gasteiger partial charge is 0.256 e. The van der Waals surface area contributed by atoms with Crippen molar-refractivity contribution in [1.82, 2.24) is 14.8 Å². The van der Waals surface area contributed by atoms with Crippen molar-refractivity contribution in [2.24, 2.45) is 0 Å². The number of hydrogen-bond donors (Lipinski definition) is 1. The summed E-state index contributed by atoms with van der Waals surface area (Å²) < 4.78 is 62.9. The highest BCUT2D eigenvalue weighted by molar-refractivity contribution is 7.89. The highest BCUT2D eigenvalue weighted by Crippen LogP contribution is 2.38. The van der Waals surface area contributed by atoms with Crippen LogP contribution in [0.25, 0.3) is 0 Å². The largest absolute Gasteiger partial charge is 0.364 e. The van der Waals surface area contributed by atoms with Gasteiger partial charge in [-0.3, -0.25) is 4.79 Å². The van der Waals surface area contributed by atoms with Gasteiger partial charge in [0.25, 0.3) is 5.91 Å². The van der Waals surface area contributed by atoms with Crippen molar-refractivity contribution in [1.29, 1.82) is 0 Å². The second-order valence-corrected chi connectivity index (χ2v) is 11.0. The number of nitrogens with one attached hydrogen (secondary N) is 1. The second kappa shape index (κ2) is 9.87. The van der Waals surface area contributed by atoms with Crippen LogP contribution in [0.1, 0.15) is 70.7 Å². The van der Waals surface area contributed by atoms with Crippen molar-refractivity contribution in [3.63, 3.8) is 0 Å². The molecule has 0 bridgehead atoms. The van der Waals surface area contributed by atoms with Gasteiger partial charge in [0.1, 0.15) is 28.7 Å².